The van der Waals surface area contributed by atoms with E-state index in [0.29, 0.717) is 5.75 Å². The highest BCUT2D eigenvalue weighted by Crippen LogP contribution is 2.23. The minimum atomic E-state index is -2.61. The number of hydrogen-bond acceptors (Lipinski definition) is 4. The summed E-state index contributed by atoms with van der Waals surface area (Å²) in [4.78, 5) is 8.52. The molecule has 1 aromatic carbocycles. The molecule has 76 valence electrons. The number of aromatic nitrogens is 3. The first kappa shape index (κ1) is 9.76. The molecule has 7 heteroatoms. The van der Waals surface area contributed by atoms with Crippen LogP contribution in [-0.4, -0.2) is 19.7 Å². The maximum Gasteiger partial charge on any atom is 0.747 e. The van der Waals surface area contributed by atoms with Crippen LogP contribution in [0.15, 0.2) is 36.9 Å². The van der Waals surface area contributed by atoms with Gasteiger partial charge in [0.2, 0.25) is 0 Å². The Hall–Kier alpha value is -1.78. The zero-order chi connectivity index (χ0) is 10.7. The van der Waals surface area contributed by atoms with Crippen LogP contribution in [0.1, 0.15) is 0 Å². The lowest BCUT2D eigenvalue weighted by atomic mass is 10.3. The van der Waals surface area contributed by atoms with Crippen molar-refractivity contribution in [1.29, 1.82) is 0 Å². The lowest BCUT2D eigenvalue weighted by Gasteiger charge is -1.99. The predicted octanol–water partition coefficient (Wildman–Crippen LogP) is 1.30. The van der Waals surface area contributed by atoms with E-state index in [1.165, 1.54) is 0 Å². The van der Waals surface area contributed by atoms with Crippen molar-refractivity contribution in [3.63, 3.8) is 0 Å². The van der Waals surface area contributed by atoms with Crippen molar-refractivity contribution in [2.24, 2.45) is 0 Å². The number of benzene rings is 1. The Balaban J connectivity index is 2.21. The van der Waals surface area contributed by atoms with Crippen molar-refractivity contribution in [3.8, 4) is 11.4 Å². The zero-order valence-electron chi connectivity index (χ0n) is 7.52. The summed E-state index contributed by atoms with van der Waals surface area (Å²) in [7, 11) is -2.61. The fourth-order valence-electron chi connectivity index (χ4n) is 1.10. The average molecular weight is 224 g/mol. The van der Waals surface area contributed by atoms with Gasteiger partial charge in [0, 0.05) is 10.3 Å². The first-order valence-electron chi connectivity index (χ1n) is 4.05. The van der Waals surface area contributed by atoms with E-state index in [-0.39, 0.29) is 0 Å². The summed E-state index contributed by atoms with van der Waals surface area (Å²) < 4.78 is 16.7. The zero-order valence-corrected chi connectivity index (χ0v) is 8.41. The molecule has 0 aliphatic carbocycles. The molecule has 0 radical (unpaired) electrons. The summed E-state index contributed by atoms with van der Waals surface area (Å²) in [6.45, 7) is 0. The first-order chi connectivity index (χ1) is 7.25. The molecule has 1 aromatic heterocycles. The molecule has 0 spiro atoms. The van der Waals surface area contributed by atoms with Crippen molar-refractivity contribution in [3.05, 3.63) is 36.9 Å². The normalized spacial score (nSPS) is 11.1. The van der Waals surface area contributed by atoms with Crippen LogP contribution < -0.4 is 4.52 Å². The molecule has 1 N–H and O–H groups in total. The molecular formula is C8H7N3O3P+. The number of nitrogens with zero attached hydrogens (tertiary/aromatic N) is 3. The maximum absolute atomic E-state index is 10.4. The van der Waals surface area contributed by atoms with Crippen molar-refractivity contribution < 1.29 is 14.0 Å². The third-order valence-corrected chi connectivity index (χ3v) is 2.10. The fourth-order valence-corrected chi connectivity index (χ4v) is 1.41. The van der Waals surface area contributed by atoms with Gasteiger partial charge in [-0.25, -0.2) is 4.52 Å². The predicted molar refractivity (Wildman–Crippen MR) is 51.8 cm³/mol. The van der Waals surface area contributed by atoms with E-state index < -0.39 is 8.25 Å². The summed E-state index contributed by atoms with van der Waals surface area (Å²) >= 11 is 0. The molecule has 0 amide bonds. The monoisotopic (exact) mass is 224 g/mol. The molecule has 0 aliphatic rings. The van der Waals surface area contributed by atoms with Crippen molar-refractivity contribution in [1.82, 2.24) is 14.8 Å². The van der Waals surface area contributed by atoms with Gasteiger partial charge in [0.1, 0.15) is 12.7 Å². The molecule has 0 fully saturated rings. The van der Waals surface area contributed by atoms with Crippen molar-refractivity contribution in [2.45, 2.75) is 0 Å². The van der Waals surface area contributed by atoms with Crippen LogP contribution >= 0.6 is 8.25 Å². The molecular weight excluding hydrogens is 217 g/mol. The van der Waals surface area contributed by atoms with Gasteiger partial charge in [-0.15, -0.1) is 15.1 Å². The third kappa shape index (κ3) is 2.37. The van der Waals surface area contributed by atoms with Crippen LogP contribution in [0, 0.1) is 0 Å². The molecule has 1 unspecified atom stereocenters. The summed E-state index contributed by atoms with van der Waals surface area (Å²) in [6, 6.07) is 6.66. The Morgan fingerprint density at radius 2 is 1.80 bits per heavy atom. The molecule has 0 aliphatic heterocycles. The SMILES string of the molecule is O=[P+](O)Oc1ccc(-n2cnnc2)cc1. The smallest absolute Gasteiger partial charge is 0.288 e. The topological polar surface area (TPSA) is 77.2 Å². The molecule has 2 aromatic rings. The lowest BCUT2D eigenvalue weighted by Crippen LogP contribution is -1.89. The average Bonchev–Trinajstić information content (AvgIpc) is 2.71. The Labute approximate surface area is 86.1 Å². The van der Waals surface area contributed by atoms with E-state index in [1.54, 1.807) is 41.5 Å². The van der Waals surface area contributed by atoms with Gasteiger partial charge in [0.05, 0.1) is 0 Å². The molecule has 0 saturated carbocycles. The second-order valence-corrected chi connectivity index (χ2v) is 3.35. The molecule has 1 heterocycles. The van der Waals surface area contributed by atoms with Gasteiger partial charge in [-0.3, -0.25) is 4.57 Å². The van der Waals surface area contributed by atoms with Crippen molar-refractivity contribution >= 4 is 8.25 Å². The molecule has 15 heavy (non-hydrogen) atoms. The Bertz CT molecular complexity index is 454. The van der Waals surface area contributed by atoms with Crippen LogP contribution in [-0.2, 0) is 4.57 Å². The lowest BCUT2D eigenvalue weighted by molar-refractivity contribution is 0.410. The Kier molecular flexibility index (Phi) is 2.71. The maximum atomic E-state index is 10.4. The number of rotatable bonds is 3. The highest BCUT2D eigenvalue weighted by molar-refractivity contribution is 7.32. The summed E-state index contributed by atoms with van der Waals surface area (Å²) in [6.07, 6.45) is 3.12. The van der Waals surface area contributed by atoms with E-state index in [0.717, 1.165) is 5.69 Å². The second kappa shape index (κ2) is 4.16. The molecule has 0 saturated heterocycles. The highest BCUT2D eigenvalue weighted by atomic mass is 31.1. The van der Waals surface area contributed by atoms with Gasteiger partial charge in [0.15, 0.2) is 5.75 Å². The van der Waals surface area contributed by atoms with E-state index in [4.69, 9.17) is 4.89 Å². The van der Waals surface area contributed by atoms with E-state index in [1.807, 2.05) is 0 Å². The largest absolute Gasteiger partial charge is 0.747 e. The van der Waals surface area contributed by atoms with Crippen LogP contribution in [0.5, 0.6) is 5.75 Å². The van der Waals surface area contributed by atoms with Gasteiger partial charge in [-0.1, -0.05) is 0 Å². The number of hydrogen-bond donors (Lipinski definition) is 1. The first-order valence-corrected chi connectivity index (χ1v) is 5.18. The van der Waals surface area contributed by atoms with Crippen LogP contribution in [0.2, 0.25) is 0 Å². The molecule has 2 rings (SSSR count). The van der Waals surface area contributed by atoms with Crippen LogP contribution in [0.25, 0.3) is 5.69 Å². The van der Waals surface area contributed by atoms with Gasteiger partial charge in [-0.05, 0) is 24.3 Å². The summed E-state index contributed by atoms with van der Waals surface area (Å²) in [5.74, 6) is 0.343. The fraction of sp³-hybridized carbons (Fsp3) is 0. The van der Waals surface area contributed by atoms with Gasteiger partial charge in [0.25, 0.3) is 0 Å². The van der Waals surface area contributed by atoms with Gasteiger partial charge >= 0.3 is 8.25 Å². The second-order valence-electron chi connectivity index (χ2n) is 2.69. The molecule has 6 nitrogen and oxygen atoms in total. The van der Waals surface area contributed by atoms with Crippen LogP contribution in [0.3, 0.4) is 0 Å². The highest BCUT2D eigenvalue weighted by Gasteiger charge is 2.13. The third-order valence-electron chi connectivity index (χ3n) is 1.74. The summed E-state index contributed by atoms with van der Waals surface area (Å²) in [5.41, 5.74) is 0.848. The van der Waals surface area contributed by atoms with Gasteiger partial charge in [-0.2, -0.15) is 0 Å². The molecule has 0 bridgehead atoms. The van der Waals surface area contributed by atoms with E-state index in [2.05, 4.69) is 14.7 Å². The quantitative estimate of drug-likeness (QED) is 0.795. The minimum absolute atomic E-state index is 0.343. The summed E-state index contributed by atoms with van der Waals surface area (Å²) in [5, 5.41) is 7.33. The van der Waals surface area contributed by atoms with E-state index in [9.17, 15) is 4.57 Å². The van der Waals surface area contributed by atoms with Gasteiger partial charge < -0.3 is 0 Å². The standard InChI is InChI=1S/C8H6N3O3P/c12-15(13)14-8-3-1-7(2-4-8)11-5-9-10-6-11/h1-6H/p+1. The van der Waals surface area contributed by atoms with Crippen molar-refractivity contribution in [2.75, 3.05) is 0 Å². The minimum Gasteiger partial charge on any atom is -0.288 e. The van der Waals surface area contributed by atoms with Crippen LogP contribution in [0.4, 0.5) is 0 Å². The Morgan fingerprint density at radius 1 is 1.20 bits per heavy atom. The molecule has 1 atom stereocenters. The Morgan fingerprint density at radius 3 is 2.33 bits per heavy atom. The van der Waals surface area contributed by atoms with E-state index >= 15 is 0 Å².